The van der Waals surface area contributed by atoms with Gasteiger partial charge in [-0.05, 0) is 35.1 Å². The molecule has 132 valence electrons. The van der Waals surface area contributed by atoms with E-state index in [0.29, 0.717) is 0 Å². The average molecular weight is 341 g/mol. The Morgan fingerprint density at radius 1 is 0.615 bits per heavy atom. The first-order chi connectivity index (χ1) is 12.8. The predicted octanol–water partition coefficient (Wildman–Crippen LogP) is 5.62. The van der Waals surface area contributed by atoms with E-state index >= 15 is 0 Å². The smallest absolute Gasteiger partial charge is 0.0233 e. The van der Waals surface area contributed by atoms with Crippen molar-refractivity contribution in [2.75, 3.05) is 13.1 Å². The zero-order valence-electron chi connectivity index (χ0n) is 15.4. The van der Waals surface area contributed by atoms with Gasteiger partial charge < -0.3 is 0 Å². The molecule has 0 aromatic heterocycles. The number of benzene rings is 3. The van der Waals surface area contributed by atoms with Crippen LogP contribution in [0.2, 0.25) is 0 Å². The monoisotopic (exact) mass is 341 g/mol. The molecule has 26 heavy (non-hydrogen) atoms. The van der Waals surface area contributed by atoms with Crippen molar-refractivity contribution in [3.05, 3.63) is 114 Å². The maximum absolute atomic E-state index is 3.83. The molecule has 0 amide bonds. The molecule has 0 aliphatic heterocycles. The molecule has 0 atom stereocenters. The van der Waals surface area contributed by atoms with Crippen LogP contribution >= 0.6 is 0 Å². The molecule has 1 nitrogen and oxygen atoms in total. The summed E-state index contributed by atoms with van der Waals surface area (Å²) < 4.78 is 0. The number of nitrogens with zero attached hydrogens (tertiary/aromatic N) is 1. The van der Waals surface area contributed by atoms with E-state index in [9.17, 15) is 0 Å². The third-order valence-corrected chi connectivity index (χ3v) is 4.74. The van der Waals surface area contributed by atoms with E-state index in [1.807, 2.05) is 6.08 Å². The molecular weight excluding hydrogens is 314 g/mol. The van der Waals surface area contributed by atoms with E-state index in [0.717, 1.165) is 32.5 Å². The van der Waals surface area contributed by atoms with Crippen molar-refractivity contribution in [2.24, 2.45) is 0 Å². The fraction of sp³-hybridized carbons (Fsp3) is 0.200. The van der Waals surface area contributed by atoms with Crippen LogP contribution in [0.1, 0.15) is 22.3 Å². The summed E-state index contributed by atoms with van der Waals surface area (Å²) in [6.07, 6.45) is 4.05. The molecule has 0 aliphatic carbocycles. The molecular formula is C25H27N. The van der Waals surface area contributed by atoms with Crippen LogP contribution in [0.5, 0.6) is 0 Å². The molecule has 0 heterocycles. The Labute approximate surface area is 157 Å². The minimum atomic E-state index is 0.998. The van der Waals surface area contributed by atoms with Gasteiger partial charge in [0.15, 0.2) is 0 Å². The van der Waals surface area contributed by atoms with Crippen molar-refractivity contribution in [2.45, 2.75) is 19.4 Å². The normalized spacial score (nSPS) is 10.8. The standard InChI is InChI=1S/C25H27N/c1-2-22-13-15-24(16-14-22)18-20-26(21-25-11-7-4-8-12-25)19-17-23-9-5-3-6-10-23/h2-16H,1,17-21H2. The number of hydrogen-bond donors (Lipinski definition) is 0. The fourth-order valence-corrected chi connectivity index (χ4v) is 3.15. The lowest BCUT2D eigenvalue weighted by atomic mass is 10.1. The summed E-state index contributed by atoms with van der Waals surface area (Å²) in [5.41, 5.74) is 5.34. The Kier molecular flexibility index (Phi) is 6.80. The summed E-state index contributed by atoms with van der Waals surface area (Å²) in [6, 6.07) is 30.3. The fourth-order valence-electron chi connectivity index (χ4n) is 3.15. The minimum absolute atomic E-state index is 0.998. The number of hydrogen-bond acceptors (Lipinski definition) is 1. The Balaban J connectivity index is 1.62. The first-order valence-corrected chi connectivity index (χ1v) is 9.35. The molecule has 0 fully saturated rings. The van der Waals surface area contributed by atoms with Crippen molar-refractivity contribution in [3.8, 4) is 0 Å². The van der Waals surface area contributed by atoms with Gasteiger partial charge in [-0.15, -0.1) is 0 Å². The second kappa shape index (κ2) is 9.74. The lowest BCUT2D eigenvalue weighted by molar-refractivity contribution is 0.272. The first-order valence-electron chi connectivity index (χ1n) is 9.35. The van der Waals surface area contributed by atoms with Crippen molar-refractivity contribution < 1.29 is 0 Å². The largest absolute Gasteiger partial charge is 0.298 e. The molecule has 0 bridgehead atoms. The second-order valence-corrected chi connectivity index (χ2v) is 6.69. The molecule has 0 saturated heterocycles. The minimum Gasteiger partial charge on any atom is -0.298 e. The van der Waals surface area contributed by atoms with Crippen LogP contribution in [-0.4, -0.2) is 18.0 Å². The van der Waals surface area contributed by atoms with Gasteiger partial charge in [-0.3, -0.25) is 4.90 Å². The maximum atomic E-state index is 3.83. The number of rotatable bonds is 9. The van der Waals surface area contributed by atoms with E-state index in [1.165, 1.54) is 22.3 Å². The molecule has 0 saturated carbocycles. The zero-order valence-corrected chi connectivity index (χ0v) is 15.4. The highest BCUT2D eigenvalue weighted by molar-refractivity contribution is 5.47. The van der Waals surface area contributed by atoms with Gasteiger partial charge in [-0.2, -0.15) is 0 Å². The summed E-state index contributed by atoms with van der Waals surface area (Å²) in [5, 5.41) is 0. The van der Waals surface area contributed by atoms with Gasteiger partial charge in [-0.25, -0.2) is 0 Å². The van der Waals surface area contributed by atoms with Crippen molar-refractivity contribution in [1.82, 2.24) is 4.90 Å². The summed E-state index contributed by atoms with van der Waals surface area (Å²) in [6.45, 7) is 6.96. The van der Waals surface area contributed by atoms with E-state index in [1.54, 1.807) is 0 Å². The summed E-state index contributed by atoms with van der Waals surface area (Å²) in [5.74, 6) is 0. The van der Waals surface area contributed by atoms with Crippen LogP contribution in [-0.2, 0) is 19.4 Å². The molecule has 0 radical (unpaired) electrons. The lowest BCUT2D eigenvalue weighted by Crippen LogP contribution is -2.28. The van der Waals surface area contributed by atoms with E-state index in [-0.39, 0.29) is 0 Å². The topological polar surface area (TPSA) is 3.24 Å². The summed E-state index contributed by atoms with van der Waals surface area (Å²) >= 11 is 0. The van der Waals surface area contributed by atoms with Gasteiger partial charge in [0.2, 0.25) is 0 Å². The maximum Gasteiger partial charge on any atom is 0.0233 e. The van der Waals surface area contributed by atoms with Gasteiger partial charge in [0, 0.05) is 19.6 Å². The third-order valence-electron chi connectivity index (χ3n) is 4.74. The Hall–Kier alpha value is -2.64. The van der Waals surface area contributed by atoms with Gasteiger partial charge in [0.1, 0.15) is 0 Å². The Bertz CT molecular complexity index is 775. The summed E-state index contributed by atoms with van der Waals surface area (Å²) in [7, 11) is 0. The molecule has 0 aliphatic rings. The summed E-state index contributed by atoms with van der Waals surface area (Å²) in [4.78, 5) is 2.56. The van der Waals surface area contributed by atoms with Crippen LogP contribution in [0.25, 0.3) is 6.08 Å². The molecule has 0 unspecified atom stereocenters. The van der Waals surface area contributed by atoms with E-state index in [2.05, 4.69) is 96.4 Å². The molecule has 1 heteroatoms. The van der Waals surface area contributed by atoms with Gasteiger partial charge >= 0.3 is 0 Å². The van der Waals surface area contributed by atoms with Gasteiger partial charge in [0.25, 0.3) is 0 Å². The van der Waals surface area contributed by atoms with Crippen molar-refractivity contribution in [1.29, 1.82) is 0 Å². The Morgan fingerprint density at radius 3 is 1.65 bits per heavy atom. The molecule has 0 spiro atoms. The van der Waals surface area contributed by atoms with Crippen LogP contribution in [0.15, 0.2) is 91.5 Å². The predicted molar refractivity (Wildman–Crippen MR) is 112 cm³/mol. The third kappa shape index (κ3) is 5.72. The Morgan fingerprint density at radius 2 is 1.12 bits per heavy atom. The van der Waals surface area contributed by atoms with Crippen LogP contribution in [0.4, 0.5) is 0 Å². The lowest BCUT2D eigenvalue weighted by Gasteiger charge is -2.22. The average Bonchev–Trinajstić information content (AvgIpc) is 2.72. The van der Waals surface area contributed by atoms with Gasteiger partial charge in [-0.1, -0.05) is 97.6 Å². The van der Waals surface area contributed by atoms with Crippen molar-refractivity contribution >= 4 is 6.08 Å². The second-order valence-electron chi connectivity index (χ2n) is 6.69. The van der Waals surface area contributed by atoms with Crippen LogP contribution < -0.4 is 0 Å². The first kappa shape index (κ1) is 18.2. The quantitative estimate of drug-likeness (QED) is 0.488. The molecule has 3 aromatic rings. The molecule has 3 rings (SSSR count). The van der Waals surface area contributed by atoms with Gasteiger partial charge in [0.05, 0.1) is 0 Å². The van der Waals surface area contributed by atoms with E-state index < -0.39 is 0 Å². The van der Waals surface area contributed by atoms with Crippen LogP contribution in [0, 0.1) is 0 Å². The highest BCUT2D eigenvalue weighted by Crippen LogP contribution is 2.11. The molecule has 3 aromatic carbocycles. The van der Waals surface area contributed by atoms with E-state index in [4.69, 9.17) is 0 Å². The molecule has 0 N–H and O–H groups in total. The SMILES string of the molecule is C=Cc1ccc(CCN(CCc2ccccc2)Cc2ccccc2)cc1. The highest BCUT2D eigenvalue weighted by Gasteiger charge is 2.07. The van der Waals surface area contributed by atoms with Crippen molar-refractivity contribution in [3.63, 3.8) is 0 Å². The highest BCUT2D eigenvalue weighted by atomic mass is 15.1. The zero-order chi connectivity index (χ0) is 18.0. The van der Waals surface area contributed by atoms with Crippen LogP contribution in [0.3, 0.4) is 0 Å².